The molecule has 3 nitrogen and oxygen atoms in total. The summed E-state index contributed by atoms with van der Waals surface area (Å²) in [6.45, 7) is 4.70. The number of nitrogens with zero attached hydrogens (tertiary/aromatic N) is 1. The van der Waals surface area contributed by atoms with Crippen LogP contribution in [-0.2, 0) is 10.8 Å². The molecule has 0 saturated heterocycles. The van der Waals surface area contributed by atoms with Gasteiger partial charge in [0, 0.05) is 38.5 Å². The molecule has 2 aliphatic carbocycles. The van der Waals surface area contributed by atoms with Gasteiger partial charge in [0.15, 0.2) is 0 Å². The van der Waals surface area contributed by atoms with Gasteiger partial charge >= 0.3 is 0 Å². The second-order valence-electron chi connectivity index (χ2n) is 20.3. The third-order valence-electron chi connectivity index (χ3n) is 16.1. The normalized spacial score (nSPS) is 13.8. The Balaban J connectivity index is 1.02. The monoisotopic (exact) mass is 933 g/mol. The van der Waals surface area contributed by atoms with E-state index in [1.165, 1.54) is 55.6 Å². The first-order valence-electron chi connectivity index (χ1n) is 25.3. The Kier molecular flexibility index (Phi) is 8.92. The lowest BCUT2D eigenvalue weighted by molar-refractivity contribution is 0.660. The van der Waals surface area contributed by atoms with Crippen LogP contribution in [0.1, 0.15) is 47.2 Å². The maximum atomic E-state index is 7.35. The van der Waals surface area contributed by atoms with Gasteiger partial charge in [-0.2, -0.15) is 0 Å². The summed E-state index contributed by atoms with van der Waals surface area (Å²) in [5, 5.41) is 4.13. The summed E-state index contributed by atoms with van der Waals surface area (Å²) in [7, 11) is 0. The Morgan fingerprint density at radius 1 is 0.342 bits per heavy atom. The first-order chi connectivity index (χ1) is 36.0. The molecule has 0 radical (unpaired) electrons. The molecule has 15 rings (SSSR count). The van der Waals surface area contributed by atoms with Crippen LogP contribution in [0.25, 0.3) is 88.4 Å². The smallest absolute Gasteiger partial charge is 0.144 e. The van der Waals surface area contributed by atoms with Crippen LogP contribution in [0.4, 0.5) is 17.1 Å². The zero-order valence-corrected chi connectivity index (χ0v) is 40.4. The predicted molar refractivity (Wildman–Crippen MR) is 301 cm³/mol. The van der Waals surface area contributed by atoms with Gasteiger partial charge in [0.05, 0.1) is 16.5 Å². The molecule has 0 bridgehead atoms. The van der Waals surface area contributed by atoms with Gasteiger partial charge in [0.25, 0.3) is 0 Å². The SMILES string of the molecule is CC1(C)c2ccccc2-c2ccc(-c3c4oc5cccc(N(c6cccc(-c7ccccc7)c6)c6ccc7c(c6)C(c6ccccc6)(c6ccccc6)c6ccccc6-7)c5c4cc4oc5ccccc5c34)cc21. The van der Waals surface area contributed by atoms with E-state index >= 15 is 0 Å². The summed E-state index contributed by atoms with van der Waals surface area (Å²) >= 11 is 0. The quantitative estimate of drug-likeness (QED) is 0.159. The van der Waals surface area contributed by atoms with E-state index in [9.17, 15) is 0 Å². The zero-order chi connectivity index (χ0) is 48.4. The molecule has 73 heavy (non-hydrogen) atoms. The minimum atomic E-state index is -0.579. The van der Waals surface area contributed by atoms with Crippen LogP contribution in [0.3, 0.4) is 0 Å². The van der Waals surface area contributed by atoms with Crippen LogP contribution >= 0.6 is 0 Å². The van der Waals surface area contributed by atoms with Crippen LogP contribution in [-0.4, -0.2) is 0 Å². The maximum Gasteiger partial charge on any atom is 0.144 e. The molecule has 2 aliphatic rings. The highest BCUT2D eigenvalue weighted by molar-refractivity contribution is 6.25. The summed E-state index contributed by atoms with van der Waals surface area (Å²) in [5.41, 5.74) is 22.8. The van der Waals surface area contributed by atoms with E-state index in [-0.39, 0.29) is 5.41 Å². The number of furan rings is 2. The number of para-hydroxylation sites is 1. The number of fused-ring (bicyclic) bond motifs is 12. The number of benzene rings is 11. The van der Waals surface area contributed by atoms with E-state index in [4.69, 9.17) is 8.83 Å². The highest BCUT2D eigenvalue weighted by atomic mass is 16.3. The van der Waals surface area contributed by atoms with Crippen molar-refractivity contribution in [2.75, 3.05) is 4.90 Å². The molecule has 0 spiro atoms. The standard InChI is InChI=1S/C70H47NO2/c1-69(2)57-31-15-12-28-51(57)53-38-36-46(41-59(53)69)65-67-55-30-14-17-34-62(55)72-64(67)43-56-66-61(33-19-35-63(66)73-68(56)65)71(49-27-18-22-45(40-49)44-20-6-3-7-21-44)50-37-39-54-52-29-13-16-32-58(52)70(60(54)42-50,47-23-8-4-9-24-47)48-25-10-5-11-26-48/h3-43H,1-2H3. The van der Waals surface area contributed by atoms with Crippen molar-refractivity contribution >= 4 is 60.9 Å². The third kappa shape index (κ3) is 5.94. The summed E-state index contributed by atoms with van der Waals surface area (Å²) in [4.78, 5) is 2.45. The Morgan fingerprint density at radius 3 is 1.71 bits per heavy atom. The van der Waals surface area contributed by atoms with Crippen LogP contribution in [0.15, 0.2) is 258 Å². The Hall–Kier alpha value is -9.18. The van der Waals surface area contributed by atoms with Crippen molar-refractivity contribution < 1.29 is 8.83 Å². The molecule has 0 aliphatic heterocycles. The molecule has 0 saturated carbocycles. The van der Waals surface area contributed by atoms with E-state index in [0.29, 0.717) is 0 Å². The van der Waals surface area contributed by atoms with Crippen molar-refractivity contribution in [3.8, 4) is 44.5 Å². The lowest BCUT2D eigenvalue weighted by Crippen LogP contribution is -2.28. The molecule has 0 fully saturated rings. The minimum Gasteiger partial charge on any atom is -0.456 e. The molecule has 11 aromatic carbocycles. The molecule has 0 N–H and O–H groups in total. The van der Waals surface area contributed by atoms with E-state index < -0.39 is 5.41 Å². The summed E-state index contributed by atoms with van der Waals surface area (Å²) in [5.74, 6) is 0. The molecule has 0 unspecified atom stereocenters. The molecule has 2 heterocycles. The largest absolute Gasteiger partial charge is 0.456 e. The summed E-state index contributed by atoms with van der Waals surface area (Å²) in [6.07, 6.45) is 0. The Morgan fingerprint density at radius 2 is 0.932 bits per heavy atom. The molecule has 0 amide bonds. The topological polar surface area (TPSA) is 29.5 Å². The van der Waals surface area contributed by atoms with E-state index in [1.54, 1.807) is 0 Å². The zero-order valence-electron chi connectivity index (χ0n) is 40.4. The van der Waals surface area contributed by atoms with Gasteiger partial charge in [-0.05, 0) is 127 Å². The minimum absolute atomic E-state index is 0.181. The van der Waals surface area contributed by atoms with Gasteiger partial charge in [-0.25, -0.2) is 0 Å². The first kappa shape index (κ1) is 41.6. The second-order valence-corrected chi connectivity index (χ2v) is 20.3. The van der Waals surface area contributed by atoms with Crippen LogP contribution < -0.4 is 4.90 Å². The first-order valence-corrected chi connectivity index (χ1v) is 25.3. The lowest BCUT2D eigenvalue weighted by atomic mass is 9.67. The Bertz CT molecular complexity index is 4310. The average molecular weight is 934 g/mol. The predicted octanol–water partition coefficient (Wildman–Crippen LogP) is 19.0. The molecule has 344 valence electrons. The Labute approximate surface area is 423 Å². The second kappa shape index (κ2) is 15.7. The van der Waals surface area contributed by atoms with Gasteiger partial charge in [-0.1, -0.05) is 208 Å². The van der Waals surface area contributed by atoms with Crippen molar-refractivity contribution in [2.24, 2.45) is 0 Å². The maximum absolute atomic E-state index is 7.35. The number of anilines is 3. The van der Waals surface area contributed by atoms with E-state index in [0.717, 1.165) is 83.2 Å². The van der Waals surface area contributed by atoms with Crippen molar-refractivity contribution in [3.05, 3.63) is 282 Å². The third-order valence-corrected chi connectivity index (χ3v) is 16.1. The highest BCUT2D eigenvalue weighted by Gasteiger charge is 2.46. The average Bonchev–Trinajstić information content (AvgIpc) is 4.22. The van der Waals surface area contributed by atoms with Crippen molar-refractivity contribution in [1.82, 2.24) is 0 Å². The highest BCUT2D eigenvalue weighted by Crippen LogP contribution is 2.58. The van der Waals surface area contributed by atoms with Crippen molar-refractivity contribution in [2.45, 2.75) is 24.7 Å². The van der Waals surface area contributed by atoms with Crippen molar-refractivity contribution in [1.29, 1.82) is 0 Å². The van der Waals surface area contributed by atoms with E-state index in [2.05, 4.69) is 267 Å². The van der Waals surface area contributed by atoms with Gasteiger partial charge in [-0.3, -0.25) is 0 Å². The number of rotatable bonds is 7. The molecule has 3 heteroatoms. The summed E-state index contributed by atoms with van der Waals surface area (Å²) < 4.78 is 14.2. The molecule has 0 atom stereocenters. The molecular formula is C70H47NO2. The fourth-order valence-corrected chi connectivity index (χ4v) is 12.9. The summed E-state index contributed by atoms with van der Waals surface area (Å²) in [6, 6.07) is 90.9. The van der Waals surface area contributed by atoms with Gasteiger partial charge in [0.1, 0.15) is 22.3 Å². The number of hydrogen-bond donors (Lipinski definition) is 0. The van der Waals surface area contributed by atoms with Crippen LogP contribution in [0.2, 0.25) is 0 Å². The fraction of sp³-hybridized carbons (Fsp3) is 0.0571. The molecular weight excluding hydrogens is 887 g/mol. The van der Waals surface area contributed by atoms with Crippen LogP contribution in [0, 0.1) is 0 Å². The van der Waals surface area contributed by atoms with E-state index in [1.807, 2.05) is 0 Å². The fourth-order valence-electron chi connectivity index (χ4n) is 12.9. The lowest BCUT2D eigenvalue weighted by Gasteiger charge is -2.35. The van der Waals surface area contributed by atoms with Gasteiger partial charge in [-0.15, -0.1) is 0 Å². The van der Waals surface area contributed by atoms with Gasteiger partial charge in [0.2, 0.25) is 0 Å². The van der Waals surface area contributed by atoms with Crippen molar-refractivity contribution in [3.63, 3.8) is 0 Å². The molecule has 2 aromatic heterocycles. The molecule has 13 aromatic rings. The number of hydrogen-bond acceptors (Lipinski definition) is 3. The van der Waals surface area contributed by atoms with Crippen LogP contribution in [0.5, 0.6) is 0 Å². The van der Waals surface area contributed by atoms with Gasteiger partial charge < -0.3 is 13.7 Å².